The fourth-order valence-electron chi connectivity index (χ4n) is 7.51. The van der Waals surface area contributed by atoms with Crippen molar-refractivity contribution in [2.45, 2.75) is 141 Å². The van der Waals surface area contributed by atoms with Crippen LogP contribution in [0.15, 0.2) is 18.2 Å². The first-order valence-electron chi connectivity index (χ1n) is 15.1. The Labute approximate surface area is 209 Å². The van der Waals surface area contributed by atoms with Gasteiger partial charge in [-0.05, 0) is 130 Å². The van der Waals surface area contributed by atoms with Crippen LogP contribution in [-0.2, 0) is 4.74 Å². The fraction of sp³-hybridized carbons (Fsp3) is 0.812. The number of hydrogen-bond donors (Lipinski definition) is 0. The Morgan fingerprint density at radius 2 is 1.38 bits per heavy atom. The smallest absolute Gasteiger partial charge is 0.126 e. The number of benzene rings is 1. The zero-order chi connectivity index (χ0) is 23.8. The van der Waals surface area contributed by atoms with Crippen molar-refractivity contribution in [3.05, 3.63) is 35.1 Å². The summed E-state index contributed by atoms with van der Waals surface area (Å²) < 4.78 is 21.2. The molecule has 0 heterocycles. The molecule has 1 aromatic rings. The third-order valence-electron chi connectivity index (χ3n) is 9.71. The lowest BCUT2D eigenvalue weighted by molar-refractivity contribution is 0.00825. The van der Waals surface area contributed by atoms with Crippen LogP contribution in [0.4, 0.5) is 4.39 Å². The van der Waals surface area contributed by atoms with Crippen LogP contribution in [0.25, 0.3) is 0 Å². The molecule has 1 aromatic carbocycles. The molecule has 0 aromatic heterocycles. The molecule has 4 rings (SSSR count). The third-order valence-corrected chi connectivity index (χ3v) is 9.71. The first-order chi connectivity index (χ1) is 16.7. The molecular formula is C32H51FO. The predicted octanol–water partition coefficient (Wildman–Crippen LogP) is 9.94. The van der Waals surface area contributed by atoms with Crippen molar-refractivity contribution >= 4 is 0 Å². The van der Waals surface area contributed by atoms with E-state index in [1.165, 1.54) is 108 Å². The zero-order valence-corrected chi connectivity index (χ0v) is 22.2. The van der Waals surface area contributed by atoms with Gasteiger partial charge in [0.15, 0.2) is 0 Å². The molecule has 0 radical (unpaired) electrons. The van der Waals surface area contributed by atoms with Crippen LogP contribution < -0.4 is 0 Å². The van der Waals surface area contributed by atoms with Crippen molar-refractivity contribution in [2.24, 2.45) is 17.8 Å². The van der Waals surface area contributed by atoms with Crippen molar-refractivity contribution in [2.75, 3.05) is 6.61 Å². The molecule has 192 valence electrons. The van der Waals surface area contributed by atoms with Crippen LogP contribution in [0.3, 0.4) is 0 Å². The summed E-state index contributed by atoms with van der Waals surface area (Å²) in [5.41, 5.74) is 2.27. The molecule has 0 amide bonds. The van der Waals surface area contributed by atoms with E-state index in [2.05, 4.69) is 26.0 Å². The highest BCUT2D eigenvalue weighted by molar-refractivity contribution is 5.30. The first-order valence-corrected chi connectivity index (χ1v) is 15.1. The van der Waals surface area contributed by atoms with Crippen LogP contribution in [0, 0.1) is 23.6 Å². The second kappa shape index (κ2) is 13.4. The van der Waals surface area contributed by atoms with Crippen LogP contribution in [0.5, 0.6) is 0 Å². The van der Waals surface area contributed by atoms with Crippen LogP contribution in [-0.4, -0.2) is 12.7 Å². The Morgan fingerprint density at radius 1 is 0.735 bits per heavy atom. The lowest BCUT2D eigenvalue weighted by Gasteiger charge is -2.38. The molecule has 3 aliphatic carbocycles. The summed E-state index contributed by atoms with van der Waals surface area (Å²) in [6.07, 6.45) is 22.5. The maximum atomic E-state index is 15.3. The Balaban J connectivity index is 1.22. The van der Waals surface area contributed by atoms with Crippen LogP contribution >= 0.6 is 0 Å². The second-order valence-corrected chi connectivity index (χ2v) is 12.0. The zero-order valence-electron chi connectivity index (χ0n) is 22.2. The topological polar surface area (TPSA) is 9.23 Å². The molecule has 0 N–H and O–H groups in total. The van der Waals surface area contributed by atoms with Gasteiger partial charge in [0.25, 0.3) is 0 Å². The van der Waals surface area contributed by atoms with E-state index in [1.807, 2.05) is 6.07 Å². The van der Waals surface area contributed by atoms with Crippen molar-refractivity contribution < 1.29 is 9.13 Å². The maximum absolute atomic E-state index is 15.3. The minimum absolute atomic E-state index is 0.0830. The summed E-state index contributed by atoms with van der Waals surface area (Å²) in [5.74, 6) is 3.76. The quantitative estimate of drug-likeness (QED) is 0.309. The second-order valence-electron chi connectivity index (χ2n) is 12.0. The van der Waals surface area contributed by atoms with E-state index < -0.39 is 0 Å². The van der Waals surface area contributed by atoms with Gasteiger partial charge in [-0.25, -0.2) is 4.39 Å². The van der Waals surface area contributed by atoms with Gasteiger partial charge in [-0.1, -0.05) is 51.7 Å². The Kier molecular flexibility index (Phi) is 10.3. The maximum Gasteiger partial charge on any atom is 0.126 e. The third kappa shape index (κ3) is 7.08. The van der Waals surface area contributed by atoms with Gasteiger partial charge in [-0.3, -0.25) is 0 Å². The molecule has 3 saturated carbocycles. The highest BCUT2D eigenvalue weighted by atomic mass is 19.1. The predicted molar refractivity (Wildman–Crippen MR) is 142 cm³/mol. The Bertz CT molecular complexity index is 706. The van der Waals surface area contributed by atoms with Gasteiger partial charge in [-0.2, -0.15) is 0 Å². The minimum Gasteiger partial charge on any atom is -0.378 e. The molecule has 0 bridgehead atoms. The largest absolute Gasteiger partial charge is 0.378 e. The lowest BCUT2D eigenvalue weighted by Crippen LogP contribution is -2.28. The van der Waals surface area contributed by atoms with Crippen molar-refractivity contribution in [3.8, 4) is 0 Å². The molecule has 3 fully saturated rings. The molecular weight excluding hydrogens is 419 g/mol. The van der Waals surface area contributed by atoms with Crippen molar-refractivity contribution in [3.63, 3.8) is 0 Å². The minimum atomic E-state index is 0.0830. The standard InChI is InChI=1S/C32H51FO/c1-3-5-6-7-24-8-10-27(11-9-24)29-18-21-31(32(33)23-29)28-14-12-25(13-15-28)26-16-19-30(20-17-26)34-22-4-2/h18,21,23-28,30H,3-17,19-20,22H2,1-2H3. The van der Waals surface area contributed by atoms with E-state index in [4.69, 9.17) is 4.74 Å². The van der Waals surface area contributed by atoms with Gasteiger partial charge in [-0.15, -0.1) is 0 Å². The molecule has 0 saturated heterocycles. The number of unbranched alkanes of at least 4 members (excludes halogenated alkanes) is 2. The van der Waals surface area contributed by atoms with Gasteiger partial charge in [0.05, 0.1) is 6.10 Å². The van der Waals surface area contributed by atoms with E-state index in [0.717, 1.165) is 36.3 Å². The van der Waals surface area contributed by atoms with E-state index in [-0.39, 0.29) is 5.82 Å². The van der Waals surface area contributed by atoms with Gasteiger partial charge in [0, 0.05) is 6.61 Å². The molecule has 34 heavy (non-hydrogen) atoms. The summed E-state index contributed by atoms with van der Waals surface area (Å²) >= 11 is 0. The van der Waals surface area contributed by atoms with E-state index in [0.29, 0.717) is 17.9 Å². The van der Waals surface area contributed by atoms with Gasteiger partial charge in [0.2, 0.25) is 0 Å². The Hall–Kier alpha value is -0.890. The highest BCUT2D eigenvalue weighted by Gasteiger charge is 2.32. The van der Waals surface area contributed by atoms with Crippen LogP contribution in [0.1, 0.15) is 146 Å². The average Bonchev–Trinajstić information content (AvgIpc) is 2.88. The fourth-order valence-corrected chi connectivity index (χ4v) is 7.51. The number of ether oxygens (including phenoxy) is 1. The van der Waals surface area contributed by atoms with Gasteiger partial charge in [0.1, 0.15) is 5.82 Å². The number of hydrogen-bond acceptors (Lipinski definition) is 1. The first kappa shape index (κ1) is 26.2. The number of rotatable bonds is 10. The highest BCUT2D eigenvalue weighted by Crippen LogP contribution is 2.44. The molecule has 0 atom stereocenters. The monoisotopic (exact) mass is 470 g/mol. The SMILES string of the molecule is CCCCCC1CCC(c2ccc(C3CCC(C4CCC(OCCC)CC4)CC3)c(F)c2)CC1. The normalized spacial score (nSPS) is 32.6. The lowest BCUT2D eigenvalue weighted by atomic mass is 9.69. The molecule has 2 heteroatoms. The van der Waals surface area contributed by atoms with E-state index in [1.54, 1.807) is 0 Å². The van der Waals surface area contributed by atoms with Crippen molar-refractivity contribution in [1.82, 2.24) is 0 Å². The molecule has 1 nitrogen and oxygen atoms in total. The van der Waals surface area contributed by atoms with Crippen molar-refractivity contribution in [1.29, 1.82) is 0 Å². The summed E-state index contributed by atoms with van der Waals surface area (Å²) in [4.78, 5) is 0. The average molecular weight is 471 g/mol. The summed E-state index contributed by atoms with van der Waals surface area (Å²) in [7, 11) is 0. The number of halogens is 1. The van der Waals surface area contributed by atoms with Gasteiger partial charge < -0.3 is 4.74 Å². The van der Waals surface area contributed by atoms with E-state index in [9.17, 15) is 0 Å². The summed E-state index contributed by atoms with van der Waals surface area (Å²) in [6.45, 7) is 5.41. The molecule has 0 unspecified atom stereocenters. The summed E-state index contributed by atoms with van der Waals surface area (Å²) in [6, 6.07) is 6.37. The van der Waals surface area contributed by atoms with Crippen LogP contribution in [0.2, 0.25) is 0 Å². The molecule has 0 aliphatic heterocycles. The molecule has 3 aliphatic rings. The van der Waals surface area contributed by atoms with E-state index >= 15 is 4.39 Å². The Morgan fingerprint density at radius 3 is 2.00 bits per heavy atom. The summed E-state index contributed by atoms with van der Waals surface area (Å²) in [5, 5.41) is 0. The molecule has 0 spiro atoms. The van der Waals surface area contributed by atoms with Gasteiger partial charge >= 0.3 is 0 Å².